The number of aryl methyl sites for hydroxylation is 2. The number of imidazole rings is 2. The highest BCUT2D eigenvalue weighted by Gasteiger charge is 2.31. The third-order valence-electron chi connectivity index (χ3n) is 5.97. The Kier molecular flexibility index (Phi) is 3.71. The summed E-state index contributed by atoms with van der Waals surface area (Å²) in [4.78, 5) is 9.18. The first-order valence-electron chi connectivity index (χ1n) is 9.95. The Morgan fingerprint density at radius 1 is 0.733 bits per heavy atom. The largest absolute Gasteiger partial charge is 0.334 e. The van der Waals surface area contributed by atoms with Crippen LogP contribution in [0, 0.1) is 0 Å². The predicted molar refractivity (Wildman–Crippen MR) is 116 cm³/mol. The fourth-order valence-electron chi connectivity index (χ4n) is 4.40. The third kappa shape index (κ3) is 2.47. The second-order valence-corrected chi connectivity index (χ2v) is 7.75. The van der Waals surface area contributed by atoms with E-state index >= 15 is 0 Å². The maximum Gasteiger partial charge on any atom is 0.0955 e. The molecule has 150 valence electrons. The minimum atomic E-state index is 0.0676. The second kappa shape index (κ2) is 6.45. The Balaban J connectivity index is 1.20. The summed E-state index contributed by atoms with van der Waals surface area (Å²) in [5.74, 6) is 0. The molecule has 8 nitrogen and oxygen atoms in total. The first kappa shape index (κ1) is 17.3. The van der Waals surface area contributed by atoms with Gasteiger partial charge >= 0.3 is 0 Å². The van der Waals surface area contributed by atoms with Gasteiger partial charge in [-0.1, -0.05) is 24.3 Å². The van der Waals surface area contributed by atoms with E-state index < -0.39 is 0 Å². The number of rotatable bonds is 3. The first-order valence-corrected chi connectivity index (χ1v) is 9.95. The number of hydrogen-bond donors (Lipinski definition) is 2. The molecule has 2 N–H and O–H groups in total. The summed E-state index contributed by atoms with van der Waals surface area (Å²) in [6.45, 7) is 0. The van der Waals surface area contributed by atoms with Gasteiger partial charge in [-0.15, -0.1) is 0 Å². The van der Waals surface area contributed by atoms with E-state index in [0.29, 0.717) is 0 Å². The van der Waals surface area contributed by atoms with E-state index in [0.717, 1.165) is 22.8 Å². The molecule has 8 heteroatoms. The minimum absolute atomic E-state index is 0.0676. The lowest BCUT2D eigenvalue weighted by Crippen LogP contribution is -2.57. The first-order chi connectivity index (χ1) is 14.7. The lowest BCUT2D eigenvalue weighted by Gasteiger charge is -2.39. The van der Waals surface area contributed by atoms with Crippen molar-refractivity contribution in [2.24, 2.45) is 14.1 Å². The summed E-state index contributed by atoms with van der Waals surface area (Å²) in [6, 6.07) is 0.135. The van der Waals surface area contributed by atoms with Gasteiger partial charge in [-0.2, -0.15) is 11.1 Å². The molecule has 0 aromatic carbocycles. The number of allylic oxidation sites excluding steroid dienone is 4. The molecule has 0 fully saturated rings. The van der Waals surface area contributed by atoms with Crippen LogP contribution >= 0.6 is 0 Å². The zero-order valence-corrected chi connectivity index (χ0v) is 16.8. The summed E-state index contributed by atoms with van der Waals surface area (Å²) in [6.07, 6.45) is 24.7. The fraction of sp³-hybridized carbons (Fsp3) is 0.182. The molecule has 2 aliphatic carbocycles. The molecule has 2 aliphatic heterocycles. The van der Waals surface area contributed by atoms with Crippen LogP contribution in [-0.2, 0) is 14.1 Å². The number of nitrogens with one attached hydrogen (secondary N) is 2. The van der Waals surface area contributed by atoms with Crippen LogP contribution in [0.15, 0.2) is 61.5 Å². The van der Waals surface area contributed by atoms with Crippen molar-refractivity contribution >= 4 is 23.3 Å². The van der Waals surface area contributed by atoms with E-state index in [9.17, 15) is 0 Å². The summed E-state index contributed by atoms with van der Waals surface area (Å²) >= 11 is 0. The van der Waals surface area contributed by atoms with Crippen molar-refractivity contribution in [3.05, 3.63) is 84.3 Å². The molecule has 2 aromatic heterocycles. The molecule has 2 atom stereocenters. The van der Waals surface area contributed by atoms with Gasteiger partial charge in [0.05, 0.1) is 47.5 Å². The van der Waals surface area contributed by atoms with Crippen molar-refractivity contribution < 1.29 is 0 Å². The summed E-state index contributed by atoms with van der Waals surface area (Å²) in [5.41, 5.74) is 13.4. The fourth-order valence-corrected chi connectivity index (χ4v) is 4.40. The summed E-state index contributed by atoms with van der Waals surface area (Å²) in [5, 5.41) is 4.10. The quantitative estimate of drug-likeness (QED) is 0.771. The van der Waals surface area contributed by atoms with E-state index in [-0.39, 0.29) is 12.1 Å². The van der Waals surface area contributed by atoms with Crippen LogP contribution in [0.3, 0.4) is 0 Å². The summed E-state index contributed by atoms with van der Waals surface area (Å²) in [7, 11) is 4.04. The third-order valence-corrected chi connectivity index (χ3v) is 5.97. The standard InChI is InChI=1S/C22H22N8/c1-27-13-23-21-15-5-3-11-29(17(15)7-9-19(21)27)25-26-30-12-4-6-16-18(30)8-10-20-22(16)24-14-28(20)2/h3-14,17-18,25-26H,1-2H3. The Bertz CT molecular complexity index is 1110. The average molecular weight is 398 g/mol. The van der Waals surface area contributed by atoms with Gasteiger partial charge in [0, 0.05) is 37.6 Å². The monoisotopic (exact) mass is 398 g/mol. The van der Waals surface area contributed by atoms with Crippen LogP contribution in [0.25, 0.3) is 23.3 Å². The normalized spacial score (nSPS) is 23.0. The highest BCUT2D eigenvalue weighted by atomic mass is 15.8. The van der Waals surface area contributed by atoms with Gasteiger partial charge in [-0.25, -0.2) is 9.97 Å². The smallest absolute Gasteiger partial charge is 0.0955 e. The Morgan fingerprint density at radius 3 is 1.67 bits per heavy atom. The zero-order valence-electron chi connectivity index (χ0n) is 16.8. The number of hydrazine groups is 3. The summed E-state index contributed by atoms with van der Waals surface area (Å²) < 4.78 is 4.09. The van der Waals surface area contributed by atoms with E-state index in [1.165, 1.54) is 11.1 Å². The van der Waals surface area contributed by atoms with Crippen molar-refractivity contribution in [2.45, 2.75) is 12.1 Å². The molecular weight excluding hydrogens is 376 g/mol. The Hall–Kier alpha value is -3.62. The highest BCUT2D eigenvalue weighted by molar-refractivity contribution is 5.82. The zero-order chi connectivity index (χ0) is 20.2. The molecule has 30 heavy (non-hydrogen) atoms. The van der Waals surface area contributed by atoms with Gasteiger partial charge in [0.2, 0.25) is 0 Å². The lowest BCUT2D eigenvalue weighted by molar-refractivity contribution is 0.105. The number of hydrogen-bond acceptors (Lipinski definition) is 6. The van der Waals surface area contributed by atoms with Gasteiger partial charge in [0.25, 0.3) is 0 Å². The van der Waals surface area contributed by atoms with Gasteiger partial charge in [0.1, 0.15) is 0 Å². The molecule has 0 saturated heterocycles. The molecule has 0 radical (unpaired) electrons. The van der Waals surface area contributed by atoms with Crippen LogP contribution in [0.4, 0.5) is 0 Å². The van der Waals surface area contributed by atoms with Crippen molar-refractivity contribution in [1.82, 2.24) is 40.2 Å². The van der Waals surface area contributed by atoms with E-state index in [1.54, 1.807) is 0 Å². The minimum Gasteiger partial charge on any atom is -0.334 e. The van der Waals surface area contributed by atoms with E-state index in [2.05, 4.69) is 57.5 Å². The second-order valence-electron chi connectivity index (χ2n) is 7.75. The number of nitrogens with zero attached hydrogens (tertiary/aromatic N) is 6. The van der Waals surface area contributed by atoms with Crippen LogP contribution in [0.2, 0.25) is 0 Å². The van der Waals surface area contributed by atoms with Crippen LogP contribution in [-0.4, -0.2) is 41.2 Å². The Morgan fingerprint density at radius 2 is 1.20 bits per heavy atom. The van der Waals surface area contributed by atoms with Crippen LogP contribution < -0.4 is 11.1 Å². The van der Waals surface area contributed by atoms with Crippen LogP contribution in [0.1, 0.15) is 22.8 Å². The molecule has 0 amide bonds. The van der Waals surface area contributed by atoms with Crippen molar-refractivity contribution in [3.8, 4) is 0 Å². The van der Waals surface area contributed by atoms with E-state index in [4.69, 9.17) is 0 Å². The molecule has 0 saturated carbocycles. The molecule has 0 bridgehead atoms. The molecular formula is C22H22N8. The molecule has 2 aromatic rings. The van der Waals surface area contributed by atoms with Gasteiger partial charge in [-0.05, 0) is 24.3 Å². The molecule has 0 spiro atoms. The number of fused-ring (bicyclic) bond motifs is 6. The predicted octanol–water partition coefficient (Wildman–Crippen LogP) is 1.99. The SMILES string of the molecule is Cn1cnc2c1C=CC1C2=CC=CN1NNN1C=CC=C2c3ncn(C)c3C=CC21. The maximum absolute atomic E-state index is 4.59. The molecule has 6 rings (SSSR count). The van der Waals surface area contributed by atoms with Crippen molar-refractivity contribution in [1.29, 1.82) is 0 Å². The Labute approximate surface area is 174 Å². The molecule has 4 aliphatic rings. The van der Waals surface area contributed by atoms with Crippen LogP contribution in [0.5, 0.6) is 0 Å². The number of aromatic nitrogens is 4. The topological polar surface area (TPSA) is 66.2 Å². The highest BCUT2D eigenvalue weighted by Crippen LogP contribution is 2.34. The molecule has 4 heterocycles. The van der Waals surface area contributed by atoms with Gasteiger partial charge in [0.15, 0.2) is 0 Å². The maximum atomic E-state index is 4.59. The van der Waals surface area contributed by atoms with Gasteiger partial charge in [-0.3, -0.25) is 10.0 Å². The van der Waals surface area contributed by atoms with Crippen molar-refractivity contribution in [3.63, 3.8) is 0 Å². The van der Waals surface area contributed by atoms with Crippen molar-refractivity contribution in [2.75, 3.05) is 0 Å². The molecule has 2 unspecified atom stereocenters. The average Bonchev–Trinajstić information content (AvgIpc) is 3.35. The lowest BCUT2D eigenvalue weighted by atomic mass is 9.94. The van der Waals surface area contributed by atoms with Gasteiger partial charge < -0.3 is 9.13 Å². The van der Waals surface area contributed by atoms with E-state index in [1.807, 2.05) is 70.5 Å².